The first-order chi connectivity index (χ1) is 10.7. The molecule has 1 aromatic rings. The Bertz CT molecular complexity index is 610. The average molecular weight is 340 g/mol. The number of aryl methyl sites for hydroxylation is 1. The first-order valence-corrected chi connectivity index (χ1v) is 9.75. The van der Waals surface area contributed by atoms with Crippen LogP contribution in [0, 0.1) is 0 Å². The predicted molar refractivity (Wildman–Crippen MR) is 97.6 cm³/mol. The number of nitrogens with zero attached hydrogens (tertiary/aromatic N) is 1. The molecule has 6 heteroatoms. The highest BCUT2D eigenvalue weighted by molar-refractivity contribution is 7.92. The van der Waals surface area contributed by atoms with Crippen molar-refractivity contribution in [1.29, 1.82) is 0 Å². The third-order valence-electron chi connectivity index (χ3n) is 4.00. The van der Waals surface area contributed by atoms with Gasteiger partial charge >= 0.3 is 0 Å². The molecule has 0 aliphatic rings. The van der Waals surface area contributed by atoms with Crippen LogP contribution in [-0.4, -0.2) is 45.0 Å². The summed E-state index contributed by atoms with van der Waals surface area (Å²) in [5.41, 5.74) is 1.31. The molecule has 0 aliphatic heterocycles. The van der Waals surface area contributed by atoms with Crippen LogP contribution in [-0.2, 0) is 16.3 Å². The van der Waals surface area contributed by atoms with Gasteiger partial charge in [0.1, 0.15) is 0 Å². The highest BCUT2D eigenvalue weighted by Crippen LogP contribution is 2.13. The second-order valence-corrected chi connectivity index (χ2v) is 9.18. The van der Waals surface area contributed by atoms with E-state index in [9.17, 15) is 8.42 Å². The molecule has 0 saturated heterocycles. The summed E-state index contributed by atoms with van der Waals surface area (Å²) in [5, 5.41) is 6.41. The zero-order valence-electron chi connectivity index (χ0n) is 14.8. The molecular weight excluding hydrogens is 310 g/mol. The first-order valence-electron chi connectivity index (χ1n) is 7.86. The molecule has 0 aliphatic carbocycles. The molecule has 0 spiro atoms. The van der Waals surface area contributed by atoms with E-state index in [0.29, 0.717) is 12.5 Å². The van der Waals surface area contributed by atoms with Crippen molar-refractivity contribution in [2.24, 2.45) is 4.99 Å². The van der Waals surface area contributed by atoms with Gasteiger partial charge in [0.25, 0.3) is 0 Å². The lowest BCUT2D eigenvalue weighted by Gasteiger charge is -2.25. The van der Waals surface area contributed by atoms with Gasteiger partial charge in [0.2, 0.25) is 0 Å². The molecule has 0 heterocycles. The monoisotopic (exact) mass is 339 g/mol. The van der Waals surface area contributed by atoms with Crippen molar-refractivity contribution in [2.75, 3.05) is 19.8 Å². The Morgan fingerprint density at radius 2 is 1.87 bits per heavy atom. The van der Waals surface area contributed by atoms with Crippen molar-refractivity contribution in [2.45, 2.75) is 44.4 Å². The van der Waals surface area contributed by atoms with E-state index >= 15 is 0 Å². The van der Waals surface area contributed by atoms with Gasteiger partial charge in [0, 0.05) is 25.9 Å². The molecule has 0 fully saturated rings. The van der Waals surface area contributed by atoms with E-state index in [1.165, 1.54) is 11.8 Å². The fourth-order valence-corrected chi connectivity index (χ4v) is 2.29. The third-order valence-corrected chi connectivity index (χ3v) is 6.15. The van der Waals surface area contributed by atoms with Gasteiger partial charge in [0.15, 0.2) is 15.8 Å². The molecule has 0 aromatic heterocycles. The van der Waals surface area contributed by atoms with Crippen LogP contribution >= 0.6 is 0 Å². The number of benzene rings is 1. The Balaban J connectivity index is 2.47. The summed E-state index contributed by atoms with van der Waals surface area (Å²) in [7, 11) is -1.44. The van der Waals surface area contributed by atoms with E-state index in [2.05, 4.69) is 34.7 Å². The van der Waals surface area contributed by atoms with Crippen molar-refractivity contribution in [3.8, 4) is 0 Å². The van der Waals surface area contributed by atoms with Crippen LogP contribution in [0.4, 0.5) is 0 Å². The molecule has 1 unspecified atom stereocenters. The zero-order chi connectivity index (χ0) is 17.5. The summed E-state index contributed by atoms with van der Waals surface area (Å²) < 4.78 is 22.6. The minimum absolute atomic E-state index is 0.239. The molecule has 0 radical (unpaired) electrons. The van der Waals surface area contributed by atoms with Crippen molar-refractivity contribution < 1.29 is 8.42 Å². The van der Waals surface area contributed by atoms with Gasteiger partial charge in [0.05, 0.1) is 4.75 Å². The molecule has 0 saturated carbocycles. The van der Waals surface area contributed by atoms with Crippen LogP contribution < -0.4 is 10.6 Å². The van der Waals surface area contributed by atoms with Gasteiger partial charge in [-0.3, -0.25) is 4.99 Å². The number of guanidine groups is 1. The number of aliphatic imine (C=N–C) groups is 1. The quantitative estimate of drug-likeness (QED) is 0.589. The molecule has 1 aromatic carbocycles. The Kier molecular flexibility index (Phi) is 7.06. The van der Waals surface area contributed by atoms with E-state index < -0.39 is 14.6 Å². The van der Waals surface area contributed by atoms with Crippen molar-refractivity contribution in [3.63, 3.8) is 0 Å². The number of sulfone groups is 1. The van der Waals surface area contributed by atoms with E-state index in [1.807, 2.05) is 18.2 Å². The maximum Gasteiger partial charge on any atom is 0.191 e. The standard InChI is InChI=1S/C17H29N3O2S/c1-14(11-12-15-9-7-6-8-10-15)20-16(18-4)19-13-17(2,3)23(5,21)22/h6-10,14H,11-13H2,1-5H3,(H2,18,19,20). The summed E-state index contributed by atoms with van der Waals surface area (Å²) >= 11 is 0. The SMILES string of the molecule is CN=C(NCC(C)(C)S(C)(=O)=O)NC(C)CCc1ccccc1. The lowest BCUT2D eigenvalue weighted by atomic mass is 10.1. The minimum Gasteiger partial charge on any atom is -0.355 e. The number of hydrogen-bond donors (Lipinski definition) is 2. The number of nitrogens with one attached hydrogen (secondary N) is 2. The van der Waals surface area contributed by atoms with Gasteiger partial charge in [-0.2, -0.15) is 0 Å². The molecule has 130 valence electrons. The Morgan fingerprint density at radius 1 is 1.26 bits per heavy atom. The van der Waals surface area contributed by atoms with Crippen LogP contribution in [0.25, 0.3) is 0 Å². The minimum atomic E-state index is -3.13. The molecular formula is C17H29N3O2S. The van der Waals surface area contributed by atoms with E-state index in [0.717, 1.165) is 12.8 Å². The fraction of sp³-hybridized carbons (Fsp3) is 0.588. The molecule has 5 nitrogen and oxygen atoms in total. The number of hydrogen-bond acceptors (Lipinski definition) is 3. The summed E-state index contributed by atoms with van der Waals surface area (Å²) in [6, 6.07) is 10.6. The van der Waals surface area contributed by atoms with Crippen LogP contribution in [0.1, 0.15) is 32.8 Å². The maximum absolute atomic E-state index is 11.7. The fourth-order valence-electron chi connectivity index (χ4n) is 1.96. The van der Waals surface area contributed by atoms with E-state index in [4.69, 9.17) is 0 Å². The van der Waals surface area contributed by atoms with E-state index in [1.54, 1.807) is 20.9 Å². The largest absolute Gasteiger partial charge is 0.355 e. The lowest BCUT2D eigenvalue weighted by Crippen LogP contribution is -2.49. The van der Waals surface area contributed by atoms with Crippen molar-refractivity contribution >= 4 is 15.8 Å². The molecule has 1 rings (SSSR count). The van der Waals surface area contributed by atoms with Gasteiger partial charge in [-0.05, 0) is 39.2 Å². The lowest BCUT2D eigenvalue weighted by molar-refractivity contribution is 0.539. The van der Waals surface area contributed by atoms with Crippen molar-refractivity contribution in [1.82, 2.24) is 10.6 Å². The topological polar surface area (TPSA) is 70.6 Å². The van der Waals surface area contributed by atoms with Gasteiger partial charge in [-0.25, -0.2) is 8.42 Å². The molecule has 23 heavy (non-hydrogen) atoms. The molecule has 0 bridgehead atoms. The van der Waals surface area contributed by atoms with Crippen LogP contribution in [0.15, 0.2) is 35.3 Å². The van der Waals surface area contributed by atoms with Gasteiger partial charge in [-0.1, -0.05) is 30.3 Å². The maximum atomic E-state index is 11.7. The van der Waals surface area contributed by atoms with Crippen LogP contribution in [0.2, 0.25) is 0 Å². The van der Waals surface area contributed by atoms with Gasteiger partial charge in [-0.15, -0.1) is 0 Å². The zero-order valence-corrected chi connectivity index (χ0v) is 15.6. The summed E-state index contributed by atoms with van der Waals surface area (Å²) in [4.78, 5) is 4.17. The number of rotatable bonds is 7. The highest BCUT2D eigenvalue weighted by atomic mass is 32.2. The molecule has 2 N–H and O–H groups in total. The predicted octanol–water partition coefficient (Wildman–Crippen LogP) is 2.00. The smallest absolute Gasteiger partial charge is 0.191 e. The van der Waals surface area contributed by atoms with Gasteiger partial charge < -0.3 is 10.6 Å². The Labute approximate surface area is 140 Å². The summed E-state index contributed by atoms with van der Waals surface area (Å²) in [5.74, 6) is 0.627. The molecule has 0 amide bonds. The Hall–Kier alpha value is -1.56. The van der Waals surface area contributed by atoms with Crippen LogP contribution in [0.5, 0.6) is 0 Å². The Morgan fingerprint density at radius 3 is 2.39 bits per heavy atom. The second-order valence-electron chi connectivity index (χ2n) is 6.53. The summed E-state index contributed by atoms with van der Waals surface area (Å²) in [6.07, 6.45) is 3.22. The normalized spacial score (nSPS) is 14.4. The highest BCUT2D eigenvalue weighted by Gasteiger charge is 2.30. The van der Waals surface area contributed by atoms with Crippen molar-refractivity contribution in [3.05, 3.63) is 35.9 Å². The summed E-state index contributed by atoms with van der Waals surface area (Å²) in [6.45, 7) is 5.83. The van der Waals surface area contributed by atoms with Crippen LogP contribution in [0.3, 0.4) is 0 Å². The van der Waals surface area contributed by atoms with E-state index in [-0.39, 0.29) is 6.04 Å². The second kappa shape index (κ2) is 8.34. The average Bonchev–Trinajstić information content (AvgIpc) is 2.49. The third kappa shape index (κ3) is 6.60. The molecule has 1 atom stereocenters. The first kappa shape index (κ1) is 19.5.